The van der Waals surface area contributed by atoms with Crippen molar-refractivity contribution in [2.45, 2.75) is 18.8 Å². The highest BCUT2D eigenvalue weighted by Gasteiger charge is 2.19. The largest absolute Gasteiger partial charge is 0.303 e. The summed E-state index contributed by atoms with van der Waals surface area (Å²) in [5.41, 5.74) is 2.28. The first kappa shape index (κ1) is 11.6. The van der Waals surface area contributed by atoms with Gasteiger partial charge >= 0.3 is 0 Å². The Morgan fingerprint density at radius 2 is 1.29 bits per heavy atom. The van der Waals surface area contributed by atoms with Crippen LogP contribution in [0.1, 0.15) is 29.9 Å². The van der Waals surface area contributed by atoms with Crippen LogP contribution in [0, 0.1) is 0 Å². The number of carbonyl (C=O) groups is 1. The molecule has 0 aliphatic rings. The molecule has 0 aliphatic carbocycles. The lowest BCUT2D eigenvalue weighted by Crippen LogP contribution is -2.09. The second kappa shape index (κ2) is 5.44. The second-order valence-corrected chi connectivity index (χ2v) is 4.27. The molecular weight excluding hydrogens is 208 g/mol. The minimum Gasteiger partial charge on any atom is -0.303 e. The number of aldehydes is 1. The number of benzene rings is 2. The molecule has 0 bridgehead atoms. The predicted octanol–water partition coefficient (Wildman–Crippen LogP) is 3.77. The van der Waals surface area contributed by atoms with E-state index in [9.17, 15) is 4.79 Å². The van der Waals surface area contributed by atoms with Crippen LogP contribution in [0.2, 0.25) is 0 Å². The molecule has 0 heterocycles. The van der Waals surface area contributed by atoms with E-state index in [-0.39, 0.29) is 11.8 Å². The van der Waals surface area contributed by atoms with Crippen LogP contribution in [0.4, 0.5) is 0 Å². The quantitative estimate of drug-likeness (QED) is 0.722. The van der Waals surface area contributed by atoms with Gasteiger partial charge in [-0.2, -0.15) is 0 Å². The van der Waals surface area contributed by atoms with Crippen molar-refractivity contribution in [3.8, 4) is 0 Å². The third kappa shape index (κ3) is 2.62. The van der Waals surface area contributed by atoms with Gasteiger partial charge in [-0.1, -0.05) is 67.6 Å². The first-order valence-corrected chi connectivity index (χ1v) is 5.88. The number of rotatable bonds is 4. The van der Waals surface area contributed by atoms with Crippen molar-refractivity contribution in [1.29, 1.82) is 0 Å². The molecule has 2 atom stereocenters. The van der Waals surface area contributed by atoms with Crippen molar-refractivity contribution in [3.05, 3.63) is 71.8 Å². The first-order valence-electron chi connectivity index (χ1n) is 5.88. The maximum absolute atomic E-state index is 11.3. The Kier molecular flexibility index (Phi) is 3.71. The van der Waals surface area contributed by atoms with Gasteiger partial charge < -0.3 is 4.79 Å². The lowest BCUT2D eigenvalue weighted by Gasteiger charge is -2.19. The Balaban J connectivity index is 2.28. The average molecular weight is 224 g/mol. The third-order valence-electron chi connectivity index (χ3n) is 3.20. The predicted molar refractivity (Wildman–Crippen MR) is 70.1 cm³/mol. The van der Waals surface area contributed by atoms with E-state index in [2.05, 4.69) is 19.1 Å². The molecule has 2 rings (SSSR count). The maximum atomic E-state index is 11.3. The third-order valence-corrected chi connectivity index (χ3v) is 3.20. The van der Waals surface area contributed by atoms with Crippen molar-refractivity contribution >= 4 is 6.29 Å². The second-order valence-electron chi connectivity index (χ2n) is 4.27. The van der Waals surface area contributed by atoms with Crippen LogP contribution in [0.3, 0.4) is 0 Å². The Labute approximate surface area is 102 Å². The summed E-state index contributed by atoms with van der Waals surface area (Å²) in [6.45, 7) is 2.10. The average Bonchev–Trinajstić information content (AvgIpc) is 2.42. The van der Waals surface area contributed by atoms with Gasteiger partial charge in [0.05, 0.1) is 0 Å². The molecule has 2 aromatic carbocycles. The van der Waals surface area contributed by atoms with Crippen LogP contribution in [-0.2, 0) is 4.79 Å². The van der Waals surface area contributed by atoms with Crippen LogP contribution in [0.15, 0.2) is 60.7 Å². The molecule has 2 aromatic rings. The van der Waals surface area contributed by atoms with Gasteiger partial charge in [0, 0.05) is 5.92 Å². The van der Waals surface area contributed by atoms with Gasteiger partial charge in [0.15, 0.2) is 0 Å². The number of hydrogen-bond acceptors (Lipinski definition) is 1. The van der Waals surface area contributed by atoms with E-state index >= 15 is 0 Å². The zero-order valence-corrected chi connectivity index (χ0v) is 9.91. The summed E-state index contributed by atoms with van der Waals surface area (Å²) in [7, 11) is 0. The van der Waals surface area contributed by atoms with E-state index in [0.29, 0.717) is 0 Å². The molecule has 0 spiro atoms. The smallest absolute Gasteiger partial charge is 0.128 e. The lowest BCUT2D eigenvalue weighted by molar-refractivity contribution is -0.109. The standard InChI is InChI=1S/C16H16O/c1-13(14-8-4-2-5-9-14)16(12-17)15-10-6-3-7-11-15/h2-13,16H,1H3/t13-,16-/m1/s1. The highest BCUT2D eigenvalue weighted by molar-refractivity contribution is 5.64. The summed E-state index contributed by atoms with van der Waals surface area (Å²) in [6, 6.07) is 20.1. The van der Waals surface area contributed by atoms with Crippen LogP contribution in [0.25, 0.3) is 0 Å². The van der Waals surface area contributed by atoms with Crippen molar-refractivity contribution in [1.82, 2.24) is 0 Å². The molecule has 0 saturated carbocycles. The lowest BCUT2D eigenvalue weighted by atomic mass is 9.84. The van der Waals surface area contributed by atoms with Gasteiger partial charge in [-0.25, -0.2) is 0 Å². The summed E-state index contributed by atoms with van der Waals surface area (Å²) in [5.74, 6) is 0.134. The molecule has 0 aliphatic heterocycles. The Hall–Kier alpha value is -1.89. The summed E-state index contributed by atoms with van der Waals surface area (Å²) in [4.78, 5) is 11.3. The SMILES string of the molecule is C[C@H](c1ccccc1)[C@@H](C=O)c1ccccc1. The van der Waals surface area contributed by atoms with E-state index in [1.807, 2.05) is 48.5 Å². The molecule has 0 unspecified atom stereocenters. The van der Waals surface area contributed by atoms with Gasteiger partial charge in [0.25, 0.3) is 0 Å². The van der Waals surface area contributed by atoms with Crippen LogP contribution in [0.5, 0.6) is 0 Å². The highest BCUT2D eigenvalue weighted by Crippen LogP contribution is 2.30. The molecule has 1 nitrogen and oxygen atoms in total. The normalized spacial score (nSPS) is 13.9. The minimum absolute atomic E-state index is 0.0707. The molecule has 0 radical (unpaired) electrons. The zero-order chi connectivity index (χ0) is 12.1. The summed E-state index contributed by atoms with van der Waals surface area (Å²) in [6.07, 6.45) is 1.05. The molecular formula is C16H16O. The number of hydrogen-bond donors (Lipinski definition) is 0. The highest BCUT2D eigenvalue weighted by atomic mass is 16.1. The Bertz CT molecular complexity index is 461. The zero-order valence-electron chi connectivity index (χ0n) is 9.91. The molecule has 0 saturated heterocycles. The van der Waals surface area contributed by atoms with Crippen LogP contribution >= 0.6 is 0 Å². The fraction of sp³-hybridized carbons (Fsp3) is 0.188. The molecule has 1 heteroatoms. The Morgan fingerprint density at radius 1 is 0.824 bits per heavy atom. The van der Waals surface area contributed by atoms with E-state index in [1.54, 1.807) is 0 Å². The van der Waals surface area contributed by atoms with Crippen LogP contribution in [-0.4, -0.2) is 6.29 Å². The van der Waals surface area contributed by atoms with Crippen molar-refractivity contribution in [2.24, 2.45) is 0 Å². The van der Waals surface area contributed by atoms with Crippen molar-refractivity contribution < 1.29 is 4.79 Å². The molecule has 17 heavy (non-hydrogen) atoms. The van der Waals surface area contributed by atoms with Gasteiger partial charge in [0.1, 0.15) is 6.29 Å². The van der Waals surface area contributed by atoms with Crippen molar-refractivity contribution in [2.75, 3.05) is 0 Å². The van der Waals surface area contributed by atoms with Crippen molar-refractivity contribution in [3.63, 3.8) is 0 Å². The van der Waals surface area contributed by atoms with E-state index in [4.69, 9.17) is 0 Å². The molecule has 0 aromatic heterocycles. The Morgan fingerprint density at radius 3 is 1.76 bits per heavy atom. The van der Waals surface area contributed by atoms with E-state index in [1.165, 1.54) is 5.56 Å². The molecule has 86 valence electrons. The maximum Gasteiger partial charge on any atom is 0.128 e. The van der Waals surface area contributed by atoms with Gasteiger partial charge in [-0.05, 0) is 17.0 Å². The summed E-state index contributed by atoms with van der Waals surface area (Å²) < 4.78 is 0. The summed E-state index contributed by atoms with van der Waals surface area (Å²) in [5, 5.41) is 0. The van der Waals surface area contributed by atoms with Gasteiger partial charge in [-0.15, -0.1) is 0 Å². The first-order chi connectivity index (χ1) is 8.33. The topological polar surface area (TPSA) is 17.1 Å². The van der Waals surface area contributed by atoms with Gasteiger partial charge in [-0.3, -0.25) is 0 Å². The number of carbonyl (C=O) groups excluding carboxylic acids is 1. The fourth-order valence-corrected chi connectivity index (χ4v) is 2.12. The molecule has 0 amide bonds. The molecule has 0 N–H and O–H groups in total. The van der Waals surface area contributed by atoms with E-state index < -0.39 is 0 Å². The van der Waals surface area contributed by atoms with Crippen LogP contribution < -0.4 is 0 Å². The summed E-state index contributed by atoms with van der Waals surface area (Å²) >= 11 is 0. The fourth-order valence-electron chi connectivity index (χ4n) is 2.12. The monoisotopic (exact) mass is 224 g/mol. The van der Waals surface area contributed by atoms with E-state index in [0.717, 1.165) is 11.8 Å². The van der Waals surface area contributed by atoms with Gasteiger partial charge in [0.2, 0.25) is 0 Å². The molecule has 0 fully saturated rings. The minimum atomic E-state index is -0.0707.